The number of benzene rings is 2. The molecule has 3 rings (SSSR count). The van der Waals surface area contributed by atoms with E-state index in [0.29, 0.717) is 20.7 Å². The molecule has 0 aliphatic rings. The molecule has 2 aromatic carbocycles. The lowest BCUT2D eigenvalue weighted by Gasteiger charge is -2.13. The number of nitrogens with zero attached hydrogens (tertiary/aromatic N) is 2. The van der Waals surface area contributed by atoms with Crippen LogP contribution in [-0.4, -0.2) is 28.1 Å². The van der Waals surface area contributed by atoms with Gasteiger partial charge in [0.25, 0.3) is 5.91 Å². The van der Waals surface area contributed by atoms with Gasteiger partial charge in [-0.2, -0.15) is 0 Å². The number of hydrogen-bond acceptors (Lipinski definition) is 5. The van der Waals surface area contributed by atoms with Gasteiger partial charge in [0.1, 0.15) is 11.0 Å². The molecule has 0 saturated heterocycles. The molecule has 1 atom stereocenters. The van der Waals surface area contributed by atoms with Crippen molar-refractivity contribution in [1.82, 2.24) is 15.5 Å². The normalized spacial score (nSPS) is 11.7. The summed E-state index contributed by atoms with van der Waals surface area (Å²) in [6, 6.07) is 13.8. The Balaban J connectivity index is 1.62. The predicted molar refractivity (Wildman–Crippen MR) is 107 cm³/mol. The van der Waals surface area contributed by atoms with Gasteiger partial charge < -0.3 is 5.32 Å². The van der Waals surface area contributed by atoms with Crippen LogP contribution in [0.2, 0.25) is 5.02 Å². The molecular weight excluding hydrogens is 384 g/mol. The fraction of sp³-hybridized carbons (Fsp3) is 0.158. The smallest absolute Gasteiger partial charge is 0.253 e. The van der Waals surface area contributed by atoms with Crippen LogP contribution in [-0.2, 0) is 4.79 Å². The van der Waals surface area contributed by atoms with Crippen LogP contribution < -0.4 is 10.6 Å². The summed E-state index contributed by atoms with van der Waals surface area (Å²) in [5.41, 5.74) is 2.40. The number of amides is 2. The van der Waals surface area contributed by atoms with Crippen molar-refractivity contribution in [2.45, 2.75) is 19.9 Å². The summed E-state index contributed by atoms with van der Waals surface area (Å²) in [7, 11) is 0. The van der Waals surface area contributed by atoms with E-state index in [1.807, 2.05) is 31.2 Å². The van der Waals surface area contributed by atoms with E-state index in [2.05, 4.69) is 20.8 Å². The van der Waals surface area contributed by atoms with E-state index in [9.17, 15) is 9.59 Å². The molecule has 2 amide bonds. The van der Waals surface area contributed by atoms with Gasteiger partial charge in [-0.05, 0) is 26.0 Å². The molecule has 1 heterocycles. The highest BCUT2D eigenvalue weighted by Gasteiger charge is 2.19. The second-order valence-electron chi connectivity index (χ2n) is 5.94. The molecular formula is C19H17ClN4O2S. The summed E-state index contributed by atoms with van der Waals surface area (Å²) in [5.74, 6) is -0.803. The van der Waals surface area contributed by atoms with Gasteiger partial charge in [0.15, 0.2) is 0 Å². The zero-order valence-corrected chi connectivity index (χ0v) is 16.3. The molecule has 0 spiro atoms. The number of hydrogen-bond donors (Lipinski definition) is 2. The minimum Gasteiger partial charge on any atom is -0.340 e. The van der Waals surface area contributed by atoms with E-state index in [1.165, 1.54) is 11.3 Å². The highest BCUT2D eigenvalue weighted by Crippen LogP contribution is 2.26. The molecule has 0 radical (unpaired) electrons. The maximum atomic E-state index is 12.3. The average molecular weight is 401 g/mol. The molecule has 1 unspecified atom stereocenters. The molecule has 0 saturated carbocycles. The number of aromatic nitrogens is 2. The van der Waals surface area contributed by atoms with E-state index >= 15 is 0 Å². The Morgan fingerprint density at radius 2 is 1.78 bits per heavy atom. The van der Waals surface area contributed by atoms with Crippen LogP contribution in [0.25, 0.3) is 10.6 Å². The summed E-state index contributed by atoms with van der Waals surface area (Å²) < 4.78 is 0. The SMILES string of the molecule is Cc1ccc(-c2nnc(NC(=O)C(C)NC(=O)c3ccccc3Cl)s2)cc1. The maximum absolute atomic E-state index is 12.3. The number of nitrogens with one attached hydrogen (secondary N) is 2. The summed E-state index contributed by atoms with van der Waals surface area (Å²) in [4.78, 5) is 24.6. The van der Waals surface area contributed by atoms with Gasteiger partial charge in [0, 0.05) is 5.56 Å². The molecule has 0 bridgehead atoms. The Hall–Kier alpha value is -2.77. The first-order valence-electron chi connectivity index (χ1n) is 8.21. The lowest BCUT2D eigenvalue weighted by molar-refractivity contribution is -0.117. The third-order valence-electron chi connectivity index (χ3n) is 3.81. The molecule has 138 valence electrons. The number of carbonyl (C=O) groups excluding carboxylic acids is 2. The predicted octanol–water partition coefficient (Wildman–Crippen LogP) is 3.92. The van der Waals surface area contributed by atoms with Crippen LogP contribution in [0.3, 0.4) is 0 Å². The van der Waals surface area contributed by atoms with Crippen LogP contribution in [0.15, 0.2) is 48.5 Å². The Morgan fingerprint density at radius 3 is 2.48 bits per heavy atom. The number of rotatable bonds is 5. The van der Waals surface area contributed by atoms with Crippen LogP contribution in [0.5, 0.6) is 0 Å². The Morgan fingerprint density at radius 1 is 1.07 bits per heavy atom. The van der Waals surface area contributed by atoms with E-state index < -0.39 is 11.9 Å². The molecule has 3 aromatic rings. The minimum absolute atomic E-state index is 0.316. The van der Waals surface area contributed by atoms with Crippen molar-refractivity contribution in [3.63, 3.8) is 0 Å². The van der Waals surface area contributed by atoms with Gasteiger partial charge in [0.2, 0.25) is 11.0 Å². The van der Waals surface area contributed by atoms with Crippen LogP contribution in [0.4, 0.5) is 5.13 Å². The molecule has 27 heavy (non-hydrogen) atoms. The van der Waals surface area contributed by atoms with Crippen molar-refractivity contribution >= 4 is 39.9 Å². The van der Waals surface area contributed by atoms with Crippen molar-refractivity contribution in [3.8, 4) is 10.6 Å². The average Bonchev–Trinajstić information content (AvgIpc) is 3.11. The van der Waals surface area contributed by atoms with Gasteiger partial charge in [-0.1, -0.05) is 64.9 Å². The van der Waals surface area contributed by atoms with Gasteiger partial charge in [0.05, 0.1) is 10.6 Å². The second-order valence-corrected chi connectivity index (χ2v) is 7.33. The van der Waals surface area contributed by atoms with E-state index in [-0.39, 0.29) is 5.91 Å². The van der Waals surface area contributed by atoms with Crippen molar-refractivity contribution in [3.05, 3.63) is 64.7 Å². The Bertz CT molecular complexity index is 972. The van der Waals surface area contributed by atoms with Crippen molar-refractivity contribution < 1.29 is 9.59 Å². The van der Waals surface area contributed by atoms with Gasteiger partial charge in [-0.3, -0.25) is 14.9 Å². The van der Waals surface area contributed by atoms with E-state index in [4.69, 9.17) is 11.6 Å². The summed E-state index contributed by atoms with van der Waals surface area (Å²) in [6.07, 6.45) is 0. The molecule has 0 aliphatic carbocycles. The zero-order valence-electron chi connectivity index (χ0n) is 14.7. The molecule has 6 nitrogen and oxygen atoms in total. The van der Waals surface area contributed by atoms with Crippen LogP contribution in [0.1, 0.15) is 22.8 Å². The Labute approximate surface area is 165 Å². The maximum Gasteiger partial charge on any atom is 0.253 e. The van der Waals surface area contributed by atoms with Gasteiger partial charge in [-0.15, -0.1) is 10.2 Å². The highest BCUT2D eigenvalue weighted by molar-refractivity contribution is 7.18. The number of carbonyl (C=O) groups is 2. The van der Waals surface area contributed by atoms with Gasteiger partial charge in [-0.25, -0.2) is 0 Å². The quantitative estimate of drug-likeness (QED) is 0.679. The van der Waals surface area contributed by atoms with Crippen LogP contribution in [0, 0.1) is 6.92 Å². The Kier molecular flexibility index (Phi) is 5.83. The number of halogens is 1. The lowest BCUT2D eigenvalue weighted by Crippen LogP contribution is -2.41. The molecule has 2 N–H and O–H groups in total. The highest BCUT2D eigenvalue weighted by atomic mass is 35.5. The van der Waals surface area contributed by atoms with E-state index in [1.54, 1.807) is 31.2 Å². The fourth-order valence-electron chi connectivity index (χ4n) is 2.29. The molecule has 1 aromatic heterocycles. The second kappa shape index (κ2) is 8.28. The topological polar surface area (TPSA) is 84.0 Å². The first-order chi connectivity index (χ1) is 12.9. The van der Waals surface area contributed by atoms with E-state index in [0.717, 1.165) is 11.1 Å². The minimum atomic E-state index is -0.763. The van der Waals surface area contributed by atoms with Crippen LogP contribution >= 0.6 is 22.9 Å². The number of aryl methyl sites for hydroxylation is 1. The molecule has 0 aliphatic heterocycles. The van der Waals surface area contributed by atoms with Crippen molar-refractivity contribution in [2.24, 2.45) is 0 Å². The third kappa shape index (κ3) is 4.69. The monoisotopic (exact) mass is 400 g/mol. The largest absolute Gasteiger partial charge is 0.340 e. The summed E-state index contributed by atoms with van der Waals surface area (Å²) >= 11 is 7.27. The van der Waals surface area contributed by atoms with Crippen molar-refractivity contribution in [2.75, 3.05) is 5.32 Å². The van der Waals surface area contributed by atoms with Gasteiger partial charge >= 0.3 is 0 Å². The first kappa shape index (κ1) is 19.0. The fourth-order valence-corrected chi connectivity index (χ4v) is 3.26. The molecule has 0 fully saturated rings. The zero-order chi connectivity index (χ0) is 19.4. The van der Waals surface area contributed by atoms with Crippen molar-refractivity contribution in [1.29, 1.82) is 0 Å². The standard InChI is InChI=1S/C19H17ClN4O2S/c1-11-7-9-13(10-8-11)18-23-24-19(27-18)22-16(25)12(2)21-17(26)14-5-3-4-6-15(14)20/h3-10,12H,1-2H3,(H,21,26)(H,22,24,25). The summed E-state index contributed by atoms with van der Waals surface area (Å²) in [6.45, 7) is 3.60. The lowest BCUT2D eigenvalue weighted by atomic mass is 10.2. The summed E-state index contributed by atoms with van der Waals surface area (Å²) in [5, 5.41) is 14.8. The number of anilines is 1. The molecule has 8 heteroatoms. The first-order valence-corrected chi connectivity index (χ1v) is 9.40. The third-order valence-corrected chi connectivity index (χ3v) is 5.03.